The second-order valence-corrected chi connectivity index (χ2v) is 7.25. The number of carbonyl (C=O) groups excluding carboxylic acids is 1. The highest BCUT2D eigenvalue weighted by atomic mass is 16.6. The zero-order chi connectivity index (χ0) is 18.4. The molecule has 0 spiro atoms. The topological polar surface area (TPSA) is 58.6 Å². The lowest BCUT2D eigenvalue weighted by Gasteiger charge is -2.30. The summed E-state index contributed by atoms with van der Waals surface area (Å²) >= 11 is 0. The van der Waals surface area contributed by atoms with Crippen molar-refractivity contribution < 1.29 is 14.6 Å². The molecule has 0 heterocycles. The molecule has 2 aromatic rings. The maximum absolute atomic E-state index is 12.3. The Balaban J connectivity index is 2.24. The van der Waals surface area contributed by atoms with Crippen molar-refractivity contribution in [1.82, 2.24) is 5.32 Å². The van der Waals surface area contributed by atoms with E-state index in [-0.39, 0.29) is 12.0 Å². The fraction of sp³-hybridized carbons (Fsp3) is 0.381. The molecule has 4 heteroatoms. The van der Waals surface area contributed by atoms with E-state index >= 15 is 0 Å². The van der Waals surface area contributed by atoms with Crippen LogP contribution >= 0.6 is 0 Å². The maximum atomic E-state index is 12.3. The summed E-state index contributed by atoms with van der Waals surface area (Å²) in [4.78, 5) is 12.3. The summed E-state index contributed by atoms with van der Waals surface area (Å²) in [5.74, 6) is -0.239. The number of hydrogen-bond donors (Lipinski definition) is 2. The fourth-order valence-electron chi connectivity index (χ4n) is 2.75. The molecule has 25 heavy (non-hydrogen) atoms. The SMILES string of the molecule is C[C@H]([C@H](NC(=O)OC(C)(C)C)c1ccccc1)[C@@H](O)c1ccccc1. The molecule has 2 rings (SSSR count). The van der Waals surface area contributed by atoms with Crippen LogP contribution in [0.1, 0.15) is 51.0 Å². The van der Waals surface area contributed by atoms with E-state index in [1.165, 1.54) is 0 Å². The van der Waals surface area contributed by atoms with E-state index in [1.54, 1.807) is 0 Å². The summed E-state index contributed by atoms with van der Waals surface area (Å²) in [6.45, 7) is 7.40. The number of rotatable bonds is 5. The molecule has 0 bridgehead atoms. The molecular weight excluding hydrogens is 314 g/mol. The second-order valence-electron chi connectivity index (χ2n) is 7.25. The van der Waals surface area contributed by atoms with Crippen LogP contribution in [0.2, 0.25) is 0 Å². The number of hydrogen-bond acceptors (Lipinski definition) is 3. The van der Waals surface area contributed by atoms with Gasteiger partial charge in [0.05, 0.1) is 12.1 Å². The van der Waals surface area contributed by atoms with Gasteiger partial charge in [0.1, 0.15) is 5.60 Å². The molecule has 0 fully saturated rings. The first-order chi connectivity index (χ1) is 11.8. The molecule has 2 aromatic carbocycles. The number of aliphatic hydroxyl groups excluding tert-OH is 1. The minimum absolute atomic E-state index is 0.239. The van der Waals surface area contributed by atoms with E-state index in [0.717, 1.165) is 11.1 Å². The Bertz CT molecular complexity index is 665. The molecule has 0 radical (unpaired) electrons. The standard InChI is InChI=1S/C21H27NO3/c1-15(19(23)17-13-9-6-10-14-17)18(16-11-7-5-8-12-16)22-20(24)25-21(2,3)4/h5-15,18-19,23H,1-4H3,(H,22,24)/t15-,18+,19-/m1/s1. The van der Waals surface area contributed by atoms with Gasteiger partial charge in [0.2, 0.25) is 0 Å². The number of ether oxygens (including phenoxy) is 1. The number of nitrogens with one attached hydrogen (secondary N) is 1. The summed E-state index contributed by atoms with van der Waals surface area (Å²) in [5, 5.41) is 13.7. The molecule has 0 saturated heterocycles. The Morgan fingerprint density at radius 2 is 1.44 bits per heavy atom. The van der Waals surface area contributed by atoms with Gasteiger partial charge in [-0.05, 0) is 31.9 Å². The summed E-state index contributed by atoms with van der Waals surface area (Å²) in [7, 11) is 0. The van der Waals surface area contributed by atoms with Gasteiger partial charge in [-0.3, -0.25) is 0 Å². The first kappa shape index (κ1) is 19.0. The van der Waals surface area contributed by atoms with Crippen molar-refractivity contribution in [2.75, 3.05) is 0 Å². The van der Waals surface area contributed by atoms with Gasteiger partial charge in [-0.25, -0.2) is 4.79 Å². The first-order valence-corrected chi connectivity index (χ1v) is 8.55. The molecule has 0 aliphatic carbocycles. The lowest BCUT2D eigenvalue weighted by atomic mass is 9.87. The van der Waals surface area contributed by atoms with Gasteiger partial charge in [0, 0.05) is 5.92 Å². The van der Waals surface area contributed by atoms with Crippen LogP contribution in [-0.4, -0.2) is 16.8 Å². The Kier molecular flexibility index (Phi) is 6.21. The van der Waals surface area contributed by atoms with Crippen LogP contribution in [0.4, 0.5) is 4.79 Å². The van der Waals surface area contributed by atoms with Gasteiger partial charge in [-0.1, -0.05) is 67.6 Å². The minimum Gasteiger partial charge on any atom is -0.444 e. The highest BCUT2D eigenvalue weighted by Gasteiger charge is 2.29. The lowest BCUT2D eigenvalue weighted by Crippen LogP contribution is -2.38. The van der Waals surface area contributed by atoms with Gasteiger partial charge in [0.25, 0.3) is 0 Å². The fourth-order valence-corrected chi connectivity index (χ4v) is 2.75. The Hall–Kier alpha value is -2.33. The number of aliphatic hydroxyl groups is 1. The normalized spacial score (nSPS) is 15.1. The van der Waals surface area contributed by atoms with Gasteiger partial charge >= 0.3 is 6.09 Å². The summed E-state index contributed by atoms with van der Waals surface area (Å²) < 4.78 is 5.39. The summed E-state index contributed by atoms with van der Waals surface area (Å²) in [5.41, 5.74) is 1.17. The summed E-state index contributed by atoms with van der Waals surface area (Å²) in [6, 6.07) is 18.7. The molecule has 0 aliphatic heterocycles. The summed E-state index contributed by atoms with van der Waals surface area (Å²) in [6.07, 6.45) is -1.20. The van der Waals surface area contributed by atoms with E-state index in [4.69, 9.17) is 4.74 Å². The molecule has 0 saturated carbocycles. The first-order valence-electron chi connectivity index (χ1n) is 8.55. The third-order valence-electron chi connectivity index (χ3n) is 4.00. The minimum atomic E-state index is -0.707. The Morgan fingerprint density at radius 1 is 0.960 bits per heavy atom. The largest absolute Gasteiger partial charge is 0.444 e. The molecule has 0 aliphatic rings. The van der Waals surface area contributed by atoms with Crippen molar-refractivity contribution in [2.45, 2.75) is 45.4 Å². The van der Waals surface area contributed by atoms with E-state index in [1.807, 2.05) is 88.4 Å². The van der Waals surface area contributed by atoms with E-state index in [9.17, 15) is 9.90 Å². The van der Waals surface area contributed by atoms with Crippen molar-refractivity contribution in [2.24, 2.45) is 5.92 Å². The van der Waals surface area contributed by atoms with Gasteiger partial charge < -0.3 is 15.2 Å². The van der Waals surface area contributed by atoms with Crippen molar-refractivity contribution >= 4 is 6.09 Å². The average molecular weight is 341 g/mol. The Labute approximate surface area is 149 Å². The van der Waals surface area contributed by atoms with Crippen LogP contribution in [0.25, 0.3) is 0 Å². The predicted molar refractivity (Wildman–Crippen MR) is 99.1 cm³/mol. The molecule has 0 aromatic heterocycles. The lowest BCUT2D eigenvalue weighted by molar-refractivity contribution is 0.0419. The zero-order valence-corrected chi connectivity index (χ0v) is 15.3. The van der Waals surface area contributed by atoms with Crippen molar-refractivity contribution in [3.05, 3.63) is 71.8 Å². The van der Waals surface area contributed by atoms with Gasteiger partial charge in [-0.2, -0.15) is 0 Å². The van der Waals surface area contributed by atoms with E-state index in [2.05, 4.69) is 5.32 Å². The number of alkyl carbamates (subject to hydrolysis) is 1. The third-order valence-corrected chi connectivity index (χ3v) is 4.00. The van der Waals surface area contributed by atoms with Crippen molar-refractivity contribution in [3.63, 3.8) is 0 Å². The van der Waals surface area contributed by atoms with E-state index in [0.29, 0.717) is 0 Å². The highest BCUT2D eigenvalue weighted by Crippen LogP contribution is 2.32. The molecule has 3 atom stereocenters. The van der Waals surface area contributed by atoms with Crippen LogP contribution in [-0.2, 0) is 4.74 Å². The molecule has 4 nitrogen and oxygen atoms in total. The molecule has 2 N–H and O–H groups in total. The predicted octanol–water partition coefficient (Wildman–Crippen LogP) is 4.62. The average Bonchev–Trinajstić information content (AvgIpc) is 2.58. The van der Waals surface area contributed by atoms with Crippen LogP contribution in [0.15, 0.2) is 60.7 Å². The van der Waals surface area contributed by atoms with Crippen LogP contribution in [0.3, 0.4) is 0 Å². The smallest absolute Gasteiger partial charge is 0.408 e. The highest BCUT2D eigenvalue weighted by molar-refractivity contribution is 5.68. The van der Waals surface area contributed by atoms with Crippen molar-refractivity contribution in [3.8, 4) is 0 Å². The zero-order valence-electron chi connectivity index (χ0n) is 15.3. The maximum Gasteiger partial charge on any atom is 0.408 e. The second kappa shape index (κ2) is 8.17. The van der Waals surface area contributed by atoms with Crippen LogP contribution in [0.5, 0.6) is 0 Å². The molecule has 0 unspecified atom stereocenters. The van der Waals surface area contributed by atoms with Gasteiger partial charge in [0.15, 0.2) is 0 Å². The Morgan fingerprint density at radius 3 is 1.92 bits per heavy atom. The quantitative estimate of drug-likeness (QED) is 0.834. The number of benzene rings is 2. The third kappa shape index (κ3) is 5.61. The van der Waals surface area contributed by atoms with Gasteiger partial charge in [-0.15, -0.1) is 0 Å². The number of carbonyl (C=O) groups is 1. The molecule has 134 valence electrons. The van der Waals surface area contributed by atoms with E-state index < -0.39 is 17.8 Å². The monoisotopic (exact) mass is 341 g/mol. The van der Waals surface area contributed by atoms with Crippen LogP contribution in [0, 0.1) is 5.92 Å². The van der Waals surface area contributed by atoms with Crippen LogP contribution < -0.4 is 5.32 Å². The number of amides is 1. The molecule has 1 amide bonds. The van der Waals surface area contributed by atoms with Crippen molar-refractivity contribution in [1.29, 1.82) is 0 Å². The molecular formula is C21H27NO3.